The van der Waals surface area contributed by atoms with E-state index in [2.05, 4.69) is 6.07 Å². The van der Waals surface area contributed by atoms with E-state index in [9.17, 15) is 5.26 Å². The van der Waals surface area contributed by atoms with Crippen LogP contribution in [0, 0.1) is 11.3 Å². The van der Waals surface area contributed by atoms with E-state index in [0.29, 0.717) is 24.6 Å². The summed E-state index contributed by atoms with van der Waals surface area (Å²) in [6.07, 6.45) is 0. The third-order valence-corrected chi connectivity index (χ3v) is 3.01. The van der Waals surface area contributed by atoms with Crippen molar-refractivity contribution in [2.24, 2.45) is 0 Å². The topological polar surface area (TPSA) is 65.7 Å². The van der Waals surface area contributed by atoms with Gasteiger partial charge in [0.2, 0.25) is 0 Å². The summed E-state index contributed by atoms with van der Waals surface area (Å²) in [5.74, 6) is 1.16. The van der Waals surface area contributed by atoms with Crippen LogP contribution in [0.4, 0.5) is 0 Å². The Bertz CT molecular complexity index is 443. The van der Waals surface area contributed by atoms with Crippen LogP contribution in [0.3, 0.4) is 0 Å². The van der Waals surface area contributed by atoms with Crippen LogP contribution >= 0.6 is 0 Å². The lowest BCUT2D eigenvalue weighted by molar-refractivity contribution is 0.178. The third-order valence-electron chi connectivity index (χ3n) is 3.01. The Balaban J connectivity index is 3.21. The van der Waals surface area contributed by atoms with Gasteiger partial charge >= 0.3 is 0 Å². The lowest BCUT2D eigenvalue weighted by atomic mass is 10.0. The molecule has 0 aliphatic carbocycles. The van der Waals surface area contributed by atoms with Crippen molar-refractivity contribution in [2.75, 3.05) is 33.9 Å². The van der Waals surface area contributed by atoms with Gasteiger partial charge in [-0.3, -0.25) is 4.90 Å². The van der Waals surface area contributed by atoms with Crippen molar-refractivity contribution in [1.82, 2.24) is 4.90 Å². The van der Waals surface area contributed by atoms with E-state index in [-0.39, 0.29) is 6.61 Å². The average Bonchev–Trinajstić information content (AvgIpc) is 2.46. The molecule has 0 radical (unpaired) electrons. The molecule has 5 heteroatoms. The molecule has 1 aromatic carbocycles. The first-order chi connectivity index (χ1) is 9.23. The molecular weight excluding hydrogens is 244 g/mol. The lowest BCUT2D eigenvalue weighted by Gasteiger charge is -2.26. The number of benzene rings is 1. The van der Waals surface area contributed by atoms with Gasteiger partial charge in [0.05, 0.1) is 26.9 Å². The molecule has 0 saturated carbocycles. The molecule has 0 aromatic heterocycles. The molecule has 0 aliphatic heterocycles. The van der Waals surface area contributed by atoms with Crippen molar-refractivity contribution in [3.05, 3.63) is 23.8 Å². The highest BCUT2D eigenvalue weighted by Crippen LogP contribution is 2.36. The number of para-hydroxylation sites is 1. The van der Waals surface area contributed by atoms with E-state index in [0.717, 1.165) is 5.56 Å². The van der Waals surface area contributed by atoms with Gasteiger partial charge in [0.25, 0.3) is 0 Å². The maximum atomic E-state index is 9.42. The monoisotopic (exact) mass is 264 g/mol. The molecule has 0 saturated heterocycles. The maximum Gasteiger partial charge on any atom is 0.166 e. The second-order valence-corrected chi connectivity index (χ2v) is 3.97. The van der Waals surface area contributed by atoms with Gasteiger partial charge in [0.15, 0.2) is 11.5 Å². The fraction of sp³-hybridized carbons (Fsp3) is 0.500. The van der Waals surface area contributed by atoms with Gasteiger partial charge in [0, 0.05) is 12.1 Å². The zero-order valence-corrected chi connectivity index (χ0v) is 11.6. The van der Waals surface area contributed by atoms with Crippen molar-refractivity contribution < 1.29 is 14.6 Å². The van der Waals surface area contributed by atoms with Crippen LogP contribution in [0.5, 0.6) is 11.5 Å². The van der Waals surface area contributed by atoms with Crippen molar-refractivity contribution in [3.8, 4) is 17.6 Å². The maximum absolute atomic E-state index is 9.42. The number of hydrogen-bond donors (Lipinski definition) is 1. The Labute approximate surface area is 114 Å². The quantitative estimate of drug-likeness (QED) is 0.810. The molecule has 1 N–H and O–H groups in total. The minimum Gasteiger partial charge on any atom is -0.493 e. The molecule has 0 heterocycles. The van der Waals surface area contributed by atoms with E-state index in [1.807, 2.05) is 24.0 Å². The van der Waals surface area contributed by atoms with E-state index in [4.69, 9.17) is 14.6 Å². The largest absolute Gasteiger partial charge is 0.493 e. The zero-order valence-electron chi connectivity index (χ0n) is 11.6. The van der Waals surface area contributed by atoms with Gasteiger partial charge < -0.3 is 14.6 Å². The molecule has 0 fully saturated rings. The molecule has 0 bridgehead atoms. The summed E-state index contributed by atoms with van der Waals surface area (Å²) in [5.41, 5.74) is 0.750. The van der Waals surface area contributed by atoms with Crippen LogP contribution < -0.4 is 9.47 Å². The Kier molecular flexibility index (Phi) is 6.13. The van der Waals surface area contributed by atoms with Gasteiger partial charge in [0.1, 0.15) is 6.04 Å². The van der Waals surface area contributed by atoms with Crippen molar-refractivity contribution in [3.63, 3.8) is 0 Å². The molecule has 0 amide bonds. The fourth-order valence-electron chi connectivity index (χ4n) is 2.07. The summed E-state index contributed by atoms with van der Waals surface area (Å²) in [4.78, 5) is 1.89. The smallest absolute Gasteiger partial charge is 0.166 e. The molecule has 104 valence electrons. The molecule has 19 heavy (non-hydrogen) atoms. The zero-order chi connectivity index (χ0) is 14.3. The molecule has 1 unspecified atom stereocenters. The van der Waals surface area contributed by atoms with Gasteiger partial charge in [-0.1, -0.05) is 19.1 Å². The second kappa shape index (κ2) is 7.62. The highest BCUT2D eigenvalue weighted by molar-refractivity contribution is 5.49. The Hall–Kier alpha value is -1.77. The second-order valence-electron chi connectivity index (χ2n) is 3.97. The minimum atomic E-state index is -0.470. The number of nitrogens with zero attached hydrogens (tertiary/aromatic N) is 2. The average molecular weight is 264 g/mol. The highest BCUT2D eigenvalue weighted by atomic mass is 16.5. The molecule has 1 rings (SSSR count). The number of aliphatic hydroxyl groups is 1. The molecule has 0 spiro atoms. The number of methoxy groups -OCH3 is 2. The Morgan fingerprint density at radius 1 is 1.37 bits per heavy atom. The van der Waals surface area contributed by atoms with Crippen LogP contribution in [-0.4, -0.2) is 43.9 Å². The number of aliphatic hydroxyl groups excluding tert-OH is 1. The summed E-state index contributed by atoms with van der Waals surface area (Å²) in [6, 6.07) is 7.25. The number of hydrogen-bond acceptors (Lipinski definition) is 5. The number of likely N-dealkylation sites (N-methyl/N-ethyl adjacent to an activating group) is 1. The number of rotatable bonds is 7. The normalized spacial score (nSPS) is 12.0. The van der Waals surface area contributed by atoms with Gasteiger partial charge in [-0.2, -0.15) is 5.26 Å². The van der Waals surface area contributed by atoms with Crippen molar-refractivity contribution in [1.29, 1.82) is 5.26 Å². The summed E-state index contributed by atoms with van der Waals surface area (Å²) >= 11 is 0. The van der Waals surface area contributed by atoms with E-state index in [1.54, 1.807) is 20.3 Å². The van der Waals surface area contributed by atoms with E-state index in [1.165, 1.54) is 0 Å². The SMILES string of the molecule is CCN(CCO)C(C#N)c1cccc(OC)c1OC. The van der Waals surface area contributed by atoms with Crippen LogP contribution in [-0.2, 0) is 0 Å². The highest BCUT2D eigenvalue weighted by Gasteiger charge is 2.23. The predicted octanol–water partition coefficient (Wildman–Crippen LogP) is 1.58. The lowest BCUT2D eigenvalue weighted by Crippen LogP contribution is -2.30. The molecule has 1 atom stereocenters. The third kappa shape index (κ3) is 3.37. The van der Waals surface area contributed by atoms with Gasteiger partial charge in [-0.05, 0) is 12.6 Å². The van der Waals surface area contributed by atoms with Crippen LogP contribution in [0.15, 0.2) is 18.2 Å². The van der Waals surface area contributed by atoms with Gasteiger partial charge in [-0.25, -0.2) is 0 Å². The van der Waals surface area contributed by atoms with E-state index >= 15 is 0 Å². The van der Waals surface area contributed by atoms with E-state index < -0.39 is 6.04 Å². The van der Waals surface area contributed by atoms with Crippen LogP contribution in [0.25, 0.3) is 0 Å². The molecular formula is C14H20N2O3. The van der Waals surface area contributed by atoms with Crippen LogP contribution in [0.1, 0.15) is 18.5 Å². The summed E-state index contributed by atoms with van der Waals surface area (Å²) in [6.45, 7) is 3.07. The molecule has 1 aromatic rings. The number of nitriles is 1. The fourth-order valence-corrected chi connectivity index (χ4v) is 2.07. The Morgan fingerprint density at radius 2 is 2.11 bits per heavy atom. The first-order valence-corrected chi connectivity index (χ1v) is 6.18. The first-order valence-electron chi connectivity index (χ1n) is 6.18. The Morgan fingerprint density at radius 3 is 2.58 bits per heavy atom. The van der Waals surface area contributed by atoms with Crippen LogP contribution in [0.2, 0.25) is 0 Å². The molecule has 0 aliphatic rings. The summed E-state index contributed by atoms with van der Waals surface area (Å²) in [5, 5.41) is 18.5. The standard InChI is InChI=1S/C14H20N2O3/c1-4-16(8-9-17)12(10-15)11-6-5-7-13(18-2)14(11)19-3/h5-7,12,17H,4,8-9H2,1-3H3. The first kappa shape index (κ1) is 15.3. The minimum absolute atomic E-state index is 0.0122. The van der Waals surface area contributed by atoms with Crippen molar-refractivity contribution >= 4 is 0 Å². The van der Waals surface area contributed by atoms with Crippen molar-refractivity contribution in [2.45, 2.75) is 13.0 Å². The molecule has 5 nitrogen and oxygen atoms in total. The predicted molar refractivity (Wildman–Crippen MR) is 72.2 cm³/mol. The van der Waals surface area contributed by atoms with Gasteiger partial charge in [-0.15, -0.1) is 0 Å². The summed E-state index contributed by atoms with van der Waals surface area (Å²) in [7, 11) is 3.12. The number of ether oxygens (including phenoxy) is 2. The summed E-state index contributed by atoms with van der Waals surface area (Å²) < 4.78 is 10.6.